The molecule has 12 nitrogen and oxygen atoms in total. The molecule has 4 amide bonds. The third-order valence-electron chi connectivity index (χ3n) is 4.87. The van der Waals surface area contributed by atoms with Crippen LogP contribution in [0.5, 0.6) is 5.75 Å². The Morgan fingerprint density at radius 3 is 2.56 bits per heavy atom. The van der Waals surface area contributed by atoms with Gasteiger partial charge in [-0.15, -0.1) is 11.3 Å². The molecule has 3 N–H and O–H groups in total. The van der Waals surface area contributed by atoms with Gasteiger partial charge in [0.1, 0.15) is 24.4 Å². The summed E-state index contributed by atoms with van der Waals surface area (Å²) in [5.41, 5.74) is 0.466. The SMILES string of the molecule is COCCOc1ccc(C2NC(=O)N([C@H](C(=O)Nc3nc(C(=O)OC)cs3)[C@@H](C)O)C2=O)cc1. The smallest absolute Gasteiger partial charge is 0.357 e. The maximum atomic E-state index is 13.1. The molecule has 0 spiro atoms. The summed E-state index contributed by atoms with van der Waals surface area (Å²) >= 11 is 0.951. The van der Waals surface area contributed by atoms with Gasteiger partial charge >= 0.3 is 12.0 Å². The van der Waals surface area contributed by atoms with Gasteiger partial charge in [0.15, 0.2) is 10.8 Å². The number of hydrogen-bond donors (Lipinski definition) is 3. The molecule has 1 saturated heterocycles. The van der Waals surface area contributed by atoms with Crippen molar-refractivity contribution in [1.29, 1.82) is 0 Å². The van der Waals surface area contributed by atoms with Gasteiger partial charge in [-0.1, -0.05) is 12.1 Å². The Kier molecular flexibility index (Phi) is 8.15. The predicted molar refractivity (Wildman–Crippen MR) is 119 cm³/mol. The normalized spacial score (nSPS) is 17.2. The van der Waals surface area contributed by atoms with Crippen LogP contribution in [0.1, 0.15) is 29.0 Å². The molecule has 3 rings (SSSR count). The van der Waals surface area contributed by atoms with Gasteiger partial charge in [0.25, 0.3) is 11.8 Å². The monoisotopic (exact) mass is 492 g/mol. The predicted octanol–water partition coefficient (Wildman–Crippen LogP) is 0.936. The molecule has 1 aromatic carbocycles. The second kappa shape index (κ2) is 11.0. The number of ether oxygens (including phenoxy) is 3. The van der Waals surface area contributed by atoms with E-state index in [-0.39, 0.29) is 10.8 Å². The summed E-state index contributed by atoms with van der Waals surface area (Å²) in [6.07, 6.45) is -1.38. The molecular weight excluding hydrogens is 468 g/mol. The molecule has 2 heterocycles. The first kappa shape index (κ1) is 25.1. The number of nitrogens with one attached hydrogen (secondary N) is 2. The zero-order valence-electron chi connectivity index (χ0n) is 18.6. The first-order valence-corrected chi connectivity index (χ1v) is 11.0. The number of carbonyl (C=O) groups excluding carboxylic acids is 4. The van der Waals surface area contributed by atoms with Gasteiger partial charge in [-0.3, -0.25) is 9.59 Å². The molecule has 0 saturated carbocycles. The molecule has 34 heavy (non-hydrogen) atoms. The van der Waals surface area contributed by atoms with Gasteiger partial charge in [-0.05, 0) is 24.6 Å². The Morgan fingerprint density at radius 2 is 1.94 bits per heavy atom. The van der Waals surface area contributed by atoms with E-state index in [0.29, 0.717) is 29.4 Å². The number of aliphatic hydroxyl groups is 1. The van der Waals surface area contributed by atoms with Gasteiger partial charge in [-0.2, -0.15) is 0 Å². The quantitative estimate of drug-likeness (QED) is 0.249. The zero-order chi connectivity index (χ0) is 24.8. The van der Waals surface area contributed by atoms with E-state index in [1.165, 1.54) is 19.4 Å². The number of esters is 1. The minimum atomic E-state index is -1.53. The summed E-state index contributed by atoms with van der Waals surface area (Å²) in [4.78, 5) is 54.8. The Bertz CT molecular complexity index is 1060. The second-order valence-electron chi connectivity index (χ2n) is 7.21. The highest BCUT2D eigenvalue weighted by molar-refractivity contribution is 7.14. The van der Waals surface area contributed by atoms with E-state index < -0.39 is 42.0 Å². The fourth-order valence-corrected chi connectivity index (χ4v) is 3.93. The highest BCUT2D eigenvalue weighted by Crippen LogP contribution is 2.27. The largest absolute Gasteiger partial charge is 0.491 e. The third kappa shape index (κ3) is 5.50. The zero-order valence-corrected chi connectivity index (χ0v) is 19.5. The molecule has 1 unspecified atom stereocenters. The summed E-state index contributed by atoms with van der Waals surface area (Å²) < 4.78 is 15.0. The van der Waals surface area contributed by atoms with Crippen LogP contribution in [0.2, 0.25) is 0 Å². The average Bonchev–Trinajstić information content (AvgIpc) is 3.39. The highest BCUT2D eigenvalue weighted by atomic mass is 32.1. The Morgan fingerprint density at radius 1 is 1.24 bits per heavy atom. The van der Waals surface area contributed by atoms with Gasteiger partial charge in [0.05, 0.1) is 19.8 Å². The first-order valence-electron chi connectivity index (χ1n) is 10.1. The van der Waals surface area contributed by atoms with E-state index >= 15 is 0 Å². The Hall–Kier alpha value is -3.55. The summed E-state index contributed by atoms with van der Waals surface area (Å²) in [7, 11) is 2.75. The van der Waals surface area contributed by atoms with E-state index in [9.17, 15) is 24.3 Å². The maximum absolute atomic E-state index is 13.1. The van der Waals surface area contributed by atoms with E-state index in [4.69, 9.17) is 9.47 Å². The number of imide groups is 1. The molecule has 1 aliphatic heterocycles. The minimum Gasteiger partial charge on any atom is -0.491 e. The van der Waals surface area contributed by atoms with E-state index in [1.54, 1.807) is 31.4 Å². The van der Waals surface area contributed by atoms with Crippen LogP contribution in [0.15, 0.2) is 29.6 Å². The number of nitrogens with zero attached hydrogens (tertiary/aromatic N) is 2. The molecule has 0 aliphatic carbocycles. The molecule has 2 aromatic rings. The van der Waals surface area contributed by atoms with E-state index in [0.717, 1.165) is 11.3 Å². The molecule has 13 heteroatoms. The lowest BCUT2D eigenvalue weighted by Gasteiger charge is -2.26. The molecule has 1 aliphatic rings. The van der Waals surface area contributed by atoms with Crippen molar-refractivity contribution in [2.75, 3.05) is 32.8 Å². The number of carbonyl (C=O) groups is 4. The number of aliphatic hydroxyl groups excluding tert-OH is 1. The molecular formula is C21H24N4O8S. The second-order valence-corrected chi connectivity index (χ2v) is 8.06. The lowest BCUT2D eigenvalue weighted by molar-refractivity contribution is -0.137. The highest BCUT2D eigenvalue weighted by Gasteiger charge is 2.47. The maximum Gasteiger partial charge on any atom is 0.357 e. The lowest BCUT2D eigenvalue weighted by Crippen LogP contribution is -2.53. The van der Waals surface area contributed by atoms with Crippen LogP contribution in [0, 0.1) is 0 Å². The van der Waals surface area contributed by atoms with Crippen molar-refractivity contribution in [1.82, 2.24) is 15.2 Å². The number of urea groups is 1. The molecule has 1 aromatic heterocycles. The summed E-state index contributed by atoms with van der Waals surface area (Å²) in [5.74, 6) is -1.67. The third-order valence-corrected chi connectivity index (χ3v) is 5.63. The van der Waals surface area contributed by atoms with Crippen LogP contribution >= 0.6 is 11.3 Å². The van der Waals surface area contributed by atoms with Crippen LogP contribution in [-0.2, 0) is 19.1 Å². The number of aromatic nitrogens is 1. The van der Waals surface area contributed by atoms with Crippen molar-refractivity contribution in [2.45, 2.75) is 25.1 Å². The topological polar surface area (TPSA) is 156 Å². The van der Waals surface area contributed by atoms with Crippen LogP contribution in [0.4, 0.5) is 9.93 Å². The molecule has 1 fully saturated rings. The lowest BCUT2D eigenvalue weighted by atomic mass is 10.1. The van der Waals surface area contributed by atoms with Crippen molar-refractivity contribution in [3.8, 4) is 5.75 Å². The van der Waals surface area contributed by atoms with Crippen molar-refractivity contribution in [2.24, 2.45) is 0 Å². The van der Waals surface area contributed by atoms with Crippen molar-refractivity contribution in [3.63, 3.8) is 0 Å². The minimum absolute atomic E-state index is 0.0129. The van der Waals surface area contributed by atoms with Crippen molar-refractivity contribution in [3.05, 3.63) is 40.9 Å². The van der Waals surface area contributed by atoms with Gasteiger partial charge in [0, 0.05) is 12.5 Å². The summed E-state index contributed by atoms with van der Waals surface area (Å²) in [6.45, 7) is 2.06. The van der Waals surface area contributed by atoms with E-state index in [2.05, 4.69) is 20.4 Å². The van der Waals surface area contributed by atoms with Crippen molar-refractivity contribution < 1.29 is 38.5 Å². The van der Waals surface area contributed by atoms with Crippen molar-refractivity contribution >= 4 is 40.3 Å². The molecule has 0 radical (unpaired) electrons. The number of rotatable bonds is 10. The fraction of sp³-hybridized carbons (Fsp3) is 0.381. The van der Waals surface area contributed by atoms with Gasteiger partial charge in [0.2, 0.25) is 0 Å². The number of methoxy groups -OCH3 is 2. The van der Waals surface area contributed by atoms with E-state index in [1.807, 2.05) is 0 Å². The molecule has 0 bridgehead atoms. The summed E-state index contributed by atoms with van der Waals surface area (Å²) in [5, 5.41) is 16.6. The van der Waals surface area contributed by atoms with Crippen LogP contribution < -0.4 is 15.4 Å². The number of thiazole rings is 1. The fourth-order valence-electron chi connectivity index (χ4n) is 3.24. The Balaban J connectivity index is 1.74. The van der Waals surface area contributed by atoms with Crippen LogP contribution in [-0.4, -0.2) is 78.4 Å². The van der Waals surface area contributed by atoms with Gasteiger partial charge in [-0.25, -0.2) is 19.5 Å². The number of hydrogen-bond acceptors (Lipinski definition) is 10. The van der Waals surface area contributed by atoms with Crippen LogP contribution in [0.3, 0.4) is 0 Å². The number of benzene rings is 1. The molecule has 182 valence electrons. The van der Waals surface area contributed by atoms with Gasteiger partial charge < -0.3 is 30.0 Å². The number of anilines is 1. The standard InChI is InChI=1S/C21H24N4O8S/c1-11(26)16(17(27)24-20-22-14(10-34-20)19(29)32-3)25-18(28)15(23-21(25)30)12-4-6-13(7-5-12)33-9-8-31-2/h4-7,10-11,15-16,26H,8-9H2,1-3H3,(H,23,30)(H,22,24,27)/t11-,15?,16+/m1/s1. The first-order chi connectivity index (χ1) is 16.3. The molecule has 3 atom stereocenters. The summed E-state index contributed by atoms with van der Waals surface area (Å²) in [6, 6.07) is 3.14. The average molecular weight is 493 g/mol. The van der Waals surface area contributed by atoms with Crippen LogP contribution in [0.25, 0.3) is 0 Å². The number of amides is 4. The Labute approximate surface area is 198 Å².